The summed E-state index contributed by atoms with van der Waals surface area (Å²) < 4.78 is 5.51. The zero-order valence-corrected chi connectivity index (χ0v) is 9.77. The van der Waals surface area contributed by atoms with Crippen LogP contribution in [0.15, 0.2) is 0 Å². The van der Waals surface area contributed by atoms with E-state index in [1.54, 1.807) is 0 Å². The first-order valence-corrected chi connectivity index (χ1v) is 5.87. The van der Waals surface area contributed by atoms with Gasteiger partial charge in [-0.1, -0.05) is 6.92 Å². The molecule has 2 rings (SSSR count). The molecule has 17 heavy (non-hydrogen) atoms. The number of barbiturate groups is 1. The minimum Gasteiger partial charge on any atom is -0.378 e. The standard InChI is InChI=1S/C11H16N2O4/c1-2-8-7(3-4-17-8)6-13-10(15)5-9(14)12-11(13)16/h7-8H,2-6H2,1H3,(H,12,14,16). The SMILES string of the molecule is CCC1OCCC1CN1C(=O)CC(=O)NC1=O. The van der Waals surface area contributed by atoms with Gasteiger partial charge in [0, 0.05) is 19.1 Å². The van der Waals surface area contributed by atoms with Crippen LogP contribution in [0.3, 0.4) is 0 Å². The lowest BCUT2D eigenvalue weighted by molar-refractivity contribution is -0.136. The highest BCUT2D eigenvalue weighted by molar-refractivity contribution is 6.14. The van der Waals surface area contributed by atoms with Gasteiger partial charge in [0.25, 0.3) is 0 Å². The van der Waals surface area contributed by atoms with Gasteiger partial charge in [0.1, 0.15) is 6.42 Å². The summed E-state index contributed by atoms with van der Waals surface area (Å²) in [6, 6.07) is -0.604. The molecule has 2 aliphatic heterocycles. The van der Waals surface area contributed by atoms with Crippen molar-refractivity contribution in [3.63, 3.8) is 0 Å². The third-order valence-electron chi connectivity index (χ3n) is 3.27. The quantitative estimate of drug-likeness (QED) is 0.718. The van der Waals surface area contributed by atoms with Crippen LogP contribution in [0.5, 0.6) is 0 Å². The molecular weight excluding hydrogens is 224 g/mol. The van der Waals surface area contributed by atoms with Crippen molar-refractivity contribution in [1.29, 1.82) is 0 Å². The van der Waals surface area contributed by atoms with Crippen LogP contribution in [-0.4, -0.2) is 42.0 Å². The van der Waals surface area contributed by atoms with Crippen LogP contribution >= 0.6 is 0 Å². The summed E-state index contributed by atoms with van der Waals surface area (Å²) in [6.45, 7) is 3.03. The van der Waals surface area contributed by atoms with Crippen molar-refractivity contribution in [2.24, 2.45) is 5.92 Å². The van der Waals surface area contributed by atoms with E-state index in [4.69, 9.17) is 4.74 Å². The fraction of sp³-hybridized carbons (Fsp3) is 0.727. The molecule has 0 saturated carbocycles. The van der Waals surface area contributed by atoms with Gasteiger partial charge >= 0.3 is 6.03 Å². The average Bonchev–Trinajstić information content (AvgIpc) is 2.70. The maximum atomic E-state index is 11.6. The minimum absolute atomic E-state index is 0.105. The molecule has 2 atom stereocenters. The highest BCUT2D eigenvalue weighted by Crippen LogP contribution is 2.25. The van der Waals surface area contributed by atoms with Crippen LogP contribution in [0.2, 0.25) is 0 Å². The number of imide groups is 2. The van der Waals surface area contributed by atoms with Crippen molar-refractivity contribution in [2.75, 3.05) is 13.2 Å². The van der Waals surface area contributed by atoms with Crippen LogP contribution in [0.4, 0.5) is 4.79 Å². The van der Waals surface area contributed by atoms with Crippen molar-refractivity contribution in [3.8, 4) is 0 Å². The largest absolute Gasteiger partial charge is 0.378 e. The van der Waals surface area contributed by atoms with Gasteiger partial charge in [-0.05, 0) is 12.8 Å². The normalized spacial score (nSPS) is 29.7. The molecule has 0 aromatic carbocycles. The summed E-state index contributed by atoms with van der Waals surface area (Å²) in [5.74, 6) is -0.755. The second-order valence-electron chi connectivity index (χ2n) is 4.40. The molecule has 0 radical (unpaired) electrons. The molecule has 0 aliphatic carbocycles. The molecule has 4 amide bonds. The van der Waals surface area contributed by atoms with Gasteiger partial charge in [-0.3, -0.25) is 19.8 Å². The fourth-order valence-corrected chi connectivity index (χ4v) is 2.35. The predicted octanol–water partition coefficient (Wildman–Crippen LogP) is 0.270. The van der Waals surface area contributed by atoms with Gasteiger partial charge < -0.3 is 4.74 Å². The summed E-state index contributed by atoms with van der Waals surface area (Å²) in [7, 11) is 0. The number of urea groups is 1. The molecule has 0 aromatic rings. The number of nitrogens with one attached hydrogen (secondary N) is 1. The lowest BCUT2D eigenvalue weighted by Gasteiger charge is -2.28. The summed E-state index contributed by atoms with van der Waals surface area (Å²) in [6.07, 6.45) is 1.58. The van der Waals surface area contributed by atoms with Crippen molar-refractivity contribution < 1.29 is 19.1 Å². The zero-order valence-electron chi connectivity index (χ0n) is 9.77. The third kappa shape index (κ3) is 2.46. The zero-order chi connectivity index (χ0) is 12.4. The smallest absolute Gasteiger partial charge is 0.330 e. The molecule has 6 heteroatoms. The molecule has 2 saturated heterocycles. The Hall–Kier alpha value is -1.43. The summed E-state index contributed by atoms with van der Waals surface area (Å²) in [5, 5.41) is 2.15. The lowest BCUT2D eigenvalue weighted by atomic mass is 9.98. The van der Waals surface area contributed by atoms with Crippen molar-refractivity contribution in [2.45, 2.75) is 32.3 Å². The van der Waals surface area contributed by atoms with Crippen molar-refractivity contribution in [1.82, 2.24) is 10.2 Å². The van der Waals surface area contributed by atoms with Crippen LogP contribution in [0.1, 0.15) is 26.2 Å². The molecule has 6 nitrogen and oxygen atoms in total. The van der Waals surface area contributed by atoms with E-state index in [0.717, 1.165) is 17.7 Å². The molecule has 0 spiro atoms. The predicted molar refractivity (Wildman–Crippen MR) is 58.0 cm³/mol. The summed E-state index contributed by atoms with van der Waals surface area (Å²) >= 11 is 0. The number of carbonyl (C=O) groups is 3. The van der Waals surface area contributed by atoms with E-state index in [0.29, 0.717) is 13.2 Å². The number of hydrogen-bond acceptors (Lipinski definition) is 4. The number of hydrogen-bond donors (Lipinski definition) is 1. The molecule has 2 heterocycles. The van der Waals surface area contributed by atoms with E-state index in [-0.39, 0.29) is 18.4 Å². The number of ether oxygens (including phenoxy) is 1. The maximum Gasteiger partial charge on any atom is 0.330 e. The van der Waals surface area contributed by atoms with Gasteiger partial charge in [0.15, 0.2) is 0 Å². The number of amides is 4. The number of carbonyl (C=O) groups excluding carboxylic acids is 3. The van der Waals surface area contributed by atoms with Gasteiger partial charge in [-0.25, -0.2) is 4.79 Å². The second-order valence-corrected chi connectivity index (χ2v) is 4.40. The Kier molecular flexibility index (Phi) is 3.42. The first-order valence-electron chi connectivity index (χ1n) is 5.87. The molecule has 2 unspecified atom stereocenters. The van der Waals surface area contributed by atoms with Crippen molar-refractivity contribution >= 4 is 17.8 Å². The van der Waals surface area contributed by atoms with Crippen LogP contribution in [0, 0.1) is 5.92 Å². The van der Waals surface area contributed by atoms with E-state index in [1.165, 1.54) is 0 Å². The van der Waals surface area contributed by atoms with E-state index in [9.17, 15) is 14.4 Å². The monoisotopic (exact) mass is 240 g/mol. The Balaban J connectivity index is 2.00. The lowest BCUT2D eigenvalue weighted by Crippen LogP contribution is -2.54. The molecule has 1 N–H and O–H groups in total. The van der Waals surface area contributed by atoms with Crippen molar-refractivity contribution in [3.05, 3.63) is 0 Å². The molecule has 2 fully saturated rings. The van der Waals surface area contributed by atoms with Gasteiger partial charge in [0.05, 0.1) is 6.10 Å². The molecule has 2 aliphatic rings. The van der Waals surface area contributed by atoms with Gasteiger partial charge in [-0.15, -0.1) is 0 Å². The molecule has 0 aromatic heterocycles. The first kappa shape index (κ1) is 12.0. The van der Waals surface area contributed by atoms with E-state index in [1.807, 2.05) is 6.92 Å². The minimum atomic E-state index is -0.604. The van der Waals surface area contributed by atoms with E-state index >= 15 is 0 Å². The third-order valence-corrected chi connectivity index (χ3v) is 3.27. The second kappa shape index (κ2) is 4.83. The van der Waals surface area contributed by atoms with Crippen LogP contribution in [-0.2, 0) is 14.3 Å². The molecule has 94 valence electrons. The Morgan fingerprint density at radius 1 is 1.41 bits per heavy atom. The Bertz CT molecular complexity index is 335. The Labute approximate surface area is 99.3 Å². The maximum absolute atomic E-state index is 11.6. The first-order chi connectivity index (χ1) is 8.11. The van der Waals surface area contributed by atoms with Gasteiger partial charge in [-0.2, -0.15) is 0 Å². The van der Waals surface area contributed by atoms with Crippen LogP contribution < -0.4 is 5.32 Å². The number of rotatable bonds is 3. The topological polar surface area (TPSA) is 75.7 Å². The highest BCUT2D eigenvalue weighted by Gasteiger charge is 2.36. The van der Waals surface area contributed by atoms with Gasteiger partial charge in [0.2, 0.25) is 11.8 Å². The summed E-state index contributed by atoms with van der Waals surface area (Å²) in [5.41, 5.74) is 0. The Morgan fingerprint density at radius 2 is 2.18 bits per heavy atom. The molecular formula is C11H16N2O4. The fourth-order valence-electron chi connectivity index (χ4n) is 2.35. The number of nitrogens with zero attached hydrogens (tertiary/aromatic N) is 1. The average molecular weight is 240 g/mol. The molecule has 0 bridgehead atoms. The van der Waals surface area contributed by atoms with E-state index in [2.05, 4.69) is 5.32 Å². The summed E-state index contributed by atoms with van der Waals surface area (Å²) in [4.78, 5) is 35.2. The Morgan fingerprint density at radius 3 is 2.82 bits per heavy atom. The highest BCUT2D eigenvalue weighted by atomic mass is 16.5. The van der Waals surface area contributed by atoms with Crippen LogP contribution in [0.25, 0.3) is 0 Å². The van der Waals surface area contributed by atoms with E-state index < -0.39 is 17.8 Å².